The summed E-state index contributed by atoms with van der Waals surface area (Å²) >= 11 is 0. The standard InChI is InChI=1S/C40H64N2O6/c1-25(43)41-26-15-21-42(24-26)32(44)22-40-16-9-10-28(40)27-11-12-30-37(6)17-14-31(48-33(45)23-35(2,3)34(46)47)36(4,5)29(37)13-18-39(30,8)38(27,7)19-20-40/h26-31H,9-24H2,1-8H3,(H,41,43)(H,46,47)/t26-,27-,28-,29?,30?,31+,37+,38-,39-,40-/m1/s1. The van der Waals surface area contributed by atoms with Gasteiger partial charge in [0.1, 0.15) is 6.10 Å². The van der Waals surface area contributed by atoms with E-state index in [0.717, 1.165) is 38.6 Å². The number of nitrogens with zero attached hydrogens (tertiary/aromatic N) is 1. The molecule has 6 aliphatic rings. The Labute approximate surface area is 289 Å². The molecule has 0 bridgehead atoms. The second-order valence-corrected chi connectivity index (χ2v) is 19.4. The minimum atomic E-state index is -1.14. The molecule has 1 heterocycles. The quantitative estimate of drug-likeness (QED) is 0.274. The number of aliphatic carboxylic acids is 1. The first kappa shape index (κ1) is 35.7. The van der Waals surface area contributed by atoms with Gasteiger partial charge in [-0.3, -0.25) is 19.2 Å². The summed E-state index contributed by atoms with van der Waals surface area (Å²) in [4.78, 5) is 52.2. The molecule has 8 nitrogen and oxygen atoms in total. The van der Waals surface area contributed by atoms with Gasteiger partial charge in [-0.25, -0.2) is 0 Å². The second kappa shape index (κ2) is 12.0. The van der Waals surface area contributed by atoms with Crippen LogP contribution < -0.4 is 5.32 Å². The van der Waals surface area contributed by atoms with Crippen LogP contribution in [0.15, 0.2) is 0 Å². The number of carboxylic acid groups (broad SMARTS) is 1. The molecule has 0 aromatic rings. The molecule has 0 aromatic heterocycles. The van der Waals surface area contributed by atoms with Gasteiger partial charge < -0.3 is 20.1 Å². The van der Waals surface area contributed by atoms with E-state index in [4.69, 9.17) is 4.74 Å². The highest BCUT2D eigenvalue weighted by atomic mass is 16.5. The van der Waals surface area contributed by atoms with Gasteiger partial charge in [-0.05, 0) is 130 Å². The van der Waals surface area contributed by atoms with Gasteiger partial charge in [-0.15, -0.1) is 0 Å². The molecule has 2 amide bonds. The van der Waals surface area contributed by atoms with Gasteiger partial charge in [0.25, 0.3) is 0 Å². The fourth-order valence-electron chi connectivity index (χ4n) is 13.6. The Kier molecular flexibility index (Phi) is 8.92. The summed E-state index contributed by atoms with van der Waals surface area (Å²) in [7, 11) is 0. The molecule has 0 spiro atoms. The Hall–Kier alpha value is -2.12. The molecule has 48 heavy (non-hydrogen) atoms. The average Bonchev–Trinajstić information content (AvgIpc) is 3.62. The molecule has 1 saturated heterocycles. The molecule has 1 aliphatic heterocycles. The number of hydrogen-bond acceptors (Lipinski definition) is 5. The van der Waals surface area contributed by atoms with Crippen molar-refractivity contribution in [2.45, 2.75) is 157 Å². The molecule has 2 unspecified atom stereocenters. The third kappa shape index (κ3) is 5.52. The molecule has 0 aromatic carbocycles. The van der Waals surface area contributed by atoms with E-state index >= 15 is 0 Å². The van der Waals surface area contributed by atoms with E-state index in [2.05, 4.69) is 39.9 Å². The zero-order valence-electron chi connectivity index (χ0n) is 31.2. The predicted octanol–water partition coefficient (Wildman–Crippen LogP) is 7.38. The topological polar surface area (TPSA) is 113 Å². The minimum Gasteiger partial charge on any atom is -0.481 e. The lowest BCUT2D eigenvalue weighted by Crippen LogP contribution is -2.66. The number of ether oxygens (including phenoxy) is 1. The highest BCUT2D eigenvalue weighted by Crippen LogP contribution is 2.77. The summed E-state index contributed by atoms with van der Waals surface area (Å²) in [6.45, 7) is 18.6. The highest BCUT2D eigenvalue weighted by molar-refractivity contribution is 5.81. The molecule has 270 valence electrons. The second-order valence-electron chi connectivity index (χ2n) is 19.4. The van der Waals surface area contributed by atoms with Gasteiger partial charge in [0.2, 0.25) is 11.8 Å². The van der Waals surface area contributed by atoms with Crippen LogP contribution in [0.5, 0.6) is 0 Å². The van der Waals surface area contributed by atoms with Gasteiger partial charge in [0, 0.05) is 37.9 Å². The first-order chi connectivity index (χ1) is 22.3. The maximum absolute atomic E-state index is 13.8. The normalized spacial score (nSPS) is 43.3. The van der Waals surface area contributed by atoms with Gasteiger partial charge in [0.05, 0.1) is 11.8 Å². The summed E-state index contributed by atoms with van der Waals surface area (Å²) in [5.41, 5.74) is -0.570. The van der Waals surface area contributed by atoms with Crippen LogP contribution in [0, 0.1) is 56.2 Å². The van der Waals surface area contributed by atoms with Crippen LogP contribution in [0.3, 0.4) is 0 Å². The molecule has 8 heteroatoms. The van der Waals surface area contributed by atoms with Crippen molar-refractivity contribution >= 4 is 23.8 Å². The van der Waals surface area contributed by atoms with Gasteiger partial charge in [0.15, 0.2) is 0 Å². The Morgan fingerprint density at radius 3 is 2.25 bits per heavy atom. The number of carbonyl (C=O) groups is 4. The molecular formula is C40H64N2O6. The van der Waals surface area contributed by atoms with Crippen molar-refractivity contribution in [1.29, 1.82) is 0 Å². The van der Waals surface area contributed by atoms with Crippen molar-refractivity contribution in [2.24, 2.45) is 56.2 Å². The van der Waals surface area contributed by atoms with Crippen molar-refractivity contribution in [3.63, 3.8) is 0 Å². The maximum Gasteiger partial charge on any atom is 0.309 e. The van der Waals surface area contributed by atoms with Gasteiger partial charge >= 0.3 is 11.9 Å². The molecule has 6 rings (SSSR count). The van der Waals surface area contributed by atoms with E-state index in [0.29, 0.717) is 42.5 Å². The van der Waals surface area contributed by atoms with E-state index in [-0.39, 0.29) is 51.5 Å². The minimum absolute atomic E-state index is 0.0144. The van der Waals surface area contributed by atoms with Crippen LogP contribution in [0.4, 0.5) is 0 Å². The van der Waals surface area contributed by atoms with E-state index < -0.39 is 17.4 Å². The SMILES string of the molecule is CC(=O)N[C@@H]1CCN(C(=O)C[C@]23CCC[C@@H]2[C@H]2CCC4[C@@]5(C)CC[C@H](OC(=O)CC(C)(C)C(=O)O)C(C)(C)C5CC[C@@]4(C)[C@]2(C)CC3)C1. The summed E-state index contributed by atoms with van der Waals surface area (Å²) in [6, 6.07) is 0.0841. The highest BCUT2D eigenvalue weighted by Gasteiger charge is 2.70. The summed E-state index contributed by atoms with van der Waals surface area (Å²) in [6.07, 6.45) is 13.9. The number of esters is 1. The Bertz CT molecular complexity index is 1330. The van der Waals surface area contributed by atoms with E-state index in [1.807, 2.05) is 4.90 Å². The number of likely N-dealkylation sites (tertiary alicyclic amines) is 1. The number of carbonyl (C=O) groups excluding carboxylic acids is 3. The number of carboxylic acids is 1. The van der Waals surface area contributed by atoms with Crippen LogP contribution in [0.1, 0.15) is 145 Å². The number of nitrogens with one attached hydrogen (secondary N) is 1. The molecule has 0 radical (unpaired) electrons. The van der Waals surface area contributed by atoms with Crippen LogP contribution in [-0.4, -0.2) is 59.0 Å². The molecule has 10 atom stereocenters. The van der Waals surface area contributed by atoms with Crippen molar-refractivity contribution in [2.75, 3.05) is 13.1 Å². The van der Waals surface area contributed by atoms with Gasteiger partial charge in [-0.1, -0.05) is 41.0 Å². The Morgan fingerprint density at radius 2 is 1.56 bits per heavy atom. The van der Waals surface area contributed by atoms with Crippen LogP contribution in [-0.2, 0) is 23.9 Å². The molecule has 5 saturated carbocycles. The lowest BCUT2D eigenvalue weighted by molar-refractivity contribution is -0.248. The first-order valence-corrected chi connectivity index (χ1v) is 19.3. The van der Waals surface area contributed by atoms with Gasteiger partial charge in [-0.2, -0.15) is 0 Å². The molecule has 6 fully saturated rings. The maximum atomic E-state index is 13.8. The third-order valence-electron chi connectivity index (χ3n) is 16.4. The van der Waals surface area contributed by atoms with Crippen molar-refractivity contribution in [3.05, 3.63) is 0 Å². The van der Waals surface area contributed by atoms with Crippen LogP contribution in [0.2, 0.25) is 0 Å². The summed E-state index contributed by atoms with van der Waals surface area (Å²) in [5, 5.41) is 12.6. The smallest absolute Gasteiger partial charge is 0.309 e. The predicted molar refractivity (Wildman–Crippen MR) is 185 cm³/mol. The summed E-state index contributed by atoms with van der Waals surface area (Å²) < 4.78 is 6.15. The van der Waals surface area contributed by atoms with Crippen LogP contribution in [0.25, 0.3) is 0 Å². The third-order valence-corrected chi connectivity index (χ3v) is 16.4. The van der Waals surface area contributed by atoms with Crippen molar-refractivity contribution in [3.8, 4) is 0 Å². The number of fused-ring (bicyclic) bond motifs is 7. The lowest BCUT2D eigenvalue weighted by Gasteiger charge is -2.72. The fourth-order valence-corrected chi connectivity index (χ4v) is 13.6. The Morgan fingerprint density at radius 1 is 0.833 bits per heavy atom. The zero-order chi connectivity index (χ0) is 35.1. The fraction of sp³-hybridized carbons (Fsp3) is 0.900. The number of amides is 2. The van der Waals surface area contributed by atoms with E-state index in [9.17, 15) is 24.3 Å². The number of hydrogen-bond donors (Lipinski definition) is 2. The molecule has 5 aliphatic carbocycles. The van der Waals surface area contributed by atoms with E-state index in [1.54, 1.807) is 20.8 Å². The van der Waals surface area contributed by atoms with Crippen molar-refractivity contribution in [1.82, 2.24) is 10.2 Å². The van der Waals surface area contributed by atoms with Crippen molar-refractivity contribution < 1.29 is 29.0 Å². The largest absolute Gasteiger partial charge is 0.481 e. The molecule has 2 N–H and O–H groups in total. The first-order valence-electron chi connectivity index (χ1n) is 19.3. The summed E-state index contributed by atoms with van der Waals surface area (Å²) in [5.74, 6) is 1.23. The van der Waals surface area contributed by atoms with E-state index in [1.165, 1.54) is 44.9 Å². The lowest BCUT2D eigenvalue weighted by atomic mass is 9.32. The molecular weight excluding hydrogens is 604 g/mol. The zero-order valence-corrected chi connectivity index (χ0v) is 31.2. The van der Waals surface area contributed by atoms with Crippen LogP contribution >= 0.6 is 0 Å². The number of rotatable bonds is 7. The Balaban J connectivity index is 1.17. The average molecular weight is 669 g/mol. The monoisotopic (exact) mass is 668 g/mol.